The minimum atomic E-state index is -0.156. The predicted octanol–water partition coefficient (Wildman–Crippen LogP) is 6.55. The van der Waals surface area contributed by atoms with E-state index in [1.165, 1.54) is 40.5 Å². The topological polar surface area (TPSA) is 3.24 Å². The minimum absolute atomic E-state index is 0. The van der Waals surface area contributed by atoms with E-state index in [0.29, 0.717) is 5.37 Å². The van der Waals surface area contributed by atoms with Crippen molar-refractivity contribution < 1.29 is 4.39 Å². The highest BCUT2D eigenvalue weighted by Gasteiger charge is 2.23. The smallest absolute Gasteiger partial charge is 0.123 e. The Bertz CT molecular complexity index is 868. The van der Waals surface area contributed by atoms with Crippen molar-refractivity contribution in [1.29, 1.82) is 0 Å². The van der Waals surface area contributed by atoms with Crippen LogP contribution < -0.4 is 0 Å². The van der Waals surface area contributed by atoms with E-state index < -0.39 is 0 Å². The molecule has 142 valence electrons. The van der Waals surface area contributed by atoms with E-state index in [1.54, 1.807) is 12.1 Å². The number of likely N-dealkylation sites (tertiary alicyclic amines) is 1. The second-order valence-electron chi connectivity index (χ2n) is 6.99. The number of halogens is 2. The molecule has 1 fully saturated rings. The van der Waals surface area contributed by atoms with Crippen molar-refractivity contribution in [3.8, 4) is 0 Å². The molecule has 1 atom stereocenters. The van der Waals surface area contributed by atoms with E-state index in [0.717, 1.165) is 19.5 Å². The molecule has 3 aromatic rings. The van der Waals surface area contributed by atoms with Crippen LogP contribution in [0.2, 0.25) is 0 Å². The van der Waals surface area contributed by atoms with E-state index in [1.807, 2.05) is 23.9 Å². The third-order valence-corrected chi connectivity index (χ3v) is 6.48. The molecular weight excluding hydrogens is 377 g/mol. The van der Waals surface area contributed by atoms with Gasteiger partial charge >= 0.3 is 0 Å². The van der Waals surface area contributed by atoms with Gasteiger partial charge in [-0.1, -0.05) is 42.5 Å². The second-order valence-corrected chi connectivity index (χ2v) is 8.24. The largest absolute Gasteiger partial charge is 0.291 e. The quantitative estimate of drug-likeness (QED) is 0.477. The highest BCUT2D eigenvalue weighted by Crippen LogP contribution is 2.33. The van der Waals surface area contributed by atoms with Crippen molar-refractivity contribution in [3.05, 3.63) is 78.1 Å². The molecule has 4 heteroatoms. The molecule has 0 aromatic heterocycles. The van der Waals surface area contributed by atoms with Crippen molar-refractivity contribution >= 4 is 34.9 Å². The normalized spacial score (nSPS) is 17.6. The SMILES string of the molecule is Cl.Fc1ccc(CCN2CCCCC2Sc2ccc3ccccc3c2)cc1. The molecule has 1 saturated heterocycles. The first kappa shape index (κ1) is 20.2. The number of piperidine rings is 1. The van der Waals surface area contributed by atoms with Crippen LogP contribution in [0.5, 0.6) is 0 Å². The summed E-state index contributed by atoms with van der Waals surface area (Å²) in [7, 11) is 0. The van der Waals surface area contributed by atoms with Gasteiger partial charge in [-0.05, 0) is 72.8 Å². The van der Waals surface area contributed by atoms with Gasteiger partial charge in [-0.3, -0.25) is 4.90 Å². The summed E-state index contributed by atoms with van der Waals surface area (Å²) < 4.78 is 13.1. The molecule has 1 nitrogen and oxygen atoms in total. The van der Waals surface area contributed by atoms with E-state index in [-0.39, 0.29) is 18.2 Å². The highest BCUT2D eigenvalue weighted by atomic mass is 35.5. The molecule has 0 spiro atoms. The van der Waals surface area contributed by atoms with E-state index >= 15 is 0 Å². The maximum absolute atomic E-state index is 13.1. The number of rotatable bonds is 5. The van der Waals surface area contributed by atoms with Crippen LogP contribution in [0.1, 0.15) is 24.8 Å². The molecule has 1 unspecified atom stereocenters. The first-order chi connectivity index (χ1) is 12.8. The third-order valence-electron chi connectivity index (χ3n) is 5.15. The van der Waals surface area contributed by atoms with Gasteiger partial charge in [0.2, 0.25) is 0 Å². The summed E-state index contributed by atoms with van der Waals surface area (Å²) in [4.78, 5) is 3.95. The van der Waals surface area contributed by atoms with Crippen LogP contribution in [0, 0.1) is 5.82 Å². The summed E-state index contributed by atoms with van der Waals surface area (Å²) in [6.45, 7) is 2.20. The third kappa shape index (κ3) is 5.25. The van der Waals surface area contributed by atoms with Gasteiger partial charge in [0.25, 0.3) is 0 Å². The lowest BCUT2D eigenvalue weighted by molar-refractivity contribution is 0.208. The molecule has 1 aliphatic heterocycles. The summed E-state index contributed by atoms with van der Waals surface area (Å²) in [6, 6.07) is 22.3. The van der Waals surface area contributed by atoms with Crippen molar-refractivity contribution in [2.24, 2.45) is 0 Å². The number of hydrogen-bond donors (Lipinski definition) is 0. The van der Waals surface area contributed by atoms with Crippen LogP contribution in [0.25, 0.3) is 10.8 Å². The second kappa shape index (κ2) is 9.59. The van der Waals surface area contributed by atoms with E-state index in [2.05, 4.69) is 47.4 Å². The molecular formula is C23H25ClFNS. The van der Waals surface area contributed by atoms with Crippen LogP contribution in [-0.2, 0) is 6.42 Å². The van der Waals surface area contributed by atoms with Crippen molar-refractivity contribution in [2.75, 3.05) is 13.1 Å². The van der Waals surface area contributed by atoms with Gasteiger partial charge in [0.05, 0.1) is 5.37 Å². The molecule has 4 rings (SSSR count). The Balaban J connectivity index is 0.00000210. The number of hydrogen-bond acceptors (Lipinski definition) is 2. The van der Waals surface area contributed by atoms with Crippen molar-refractivity contribution in [2.45, 2.75) is 36.0 Å². The molecule has 0 radical (unpaired) electrons. The first-order valence-electron chi connectivity index (χ1n) is 9.42. The van der Waals surface area contributed by atoms with Crippen LogP contribution in [0.3, 0.4) is 0 Å². The van der Waals surface area contributed by atoms with Gasteiger partial charge in [0.1, 0.15) is 5.82 Å². The van der Waals surface area contributed by atoms with Gasteiger partial charge < -0.3 is 0 Å². The number of thioether (sulfide) groups is 1. The Morgan fingerprint density at radius 3 is 2.52 bits per heavy atom. The van der Waals surface area contributed by atoms with Crippen LogP contribution in [-0.4, -0.2) is 23.4 Å². The van der Waals surface area contributed by atoms with Gasteiger partial charge in [-0.15, -0.1) is 24.2 Å². The fourth-order valence-corrected chi connectivity index (χ4v) is 4.97. The van der Waals surface area contributed by atoms with Gasteiger partial charge in [-0.2, -0.15) is 0 Å². The number of fused-ring (bicyclic) bond motifs is 1. The predicted molar refractivity (Wildman–Crippen MR) is 116 cm³/mol. The van der Waals surface area contributed by atoms with Crippen LogP contribution in [0.4, 0.5) is 4.39 Å². The summed E-state index contributed by atoms with van der Waals surface area (Å²) in [5, 5.41) is 3.14. The Labute approximate surface area is 171 Å². The Kier molecular flexibility index (Phi) is 7.17. The van der Waals surface area contributed by atoms with E-state index in [4.69, 9.17) is 0 Å². The maximum Gasteiger partial charge on any atom is 0.123 e. The fourth-order valence-electron chi connectivity index (χ4n) is 3.67. The standard InChI is InChI=1S/C23H24FNS.ClH/c24-21-11-8-18(9-12-21)14-16-25-15-4-3-7-23(25)26-22-13-10-19-5-1-2-6-20(19)17-22;/h1-2,5-6,8-13,17,23H,3-4,7,14-16H2;1H. The Morgan fingerprint density at radius 2 is 1.70 bits per heavy atom. The molecule has 27 heavy (non-hydrogen) atoms. The summed E-state index contributed by atoms with van der Waals surface area (Å²) in [5.41, 5.74) is 1.21. The number of benzene rings is 3. The Hall–Kier alpha value is -1.55. The zero-order chi connectivity index (χ0) is 17.8. The monoisotopic (exact) mass is 401 g/mol. The summed E-state index contributed by atoms with van der Waals surface area (Å²) in [5.74, 6) is -0.156. The maximum atomic E-state index is 13.1. The van der Waals surface area contributed by atoms with Gasteiger partial charge in [-0.25, -0.2) is 4.39 Å². The van der Waals surface area contributed by atoms with Gasteiger partial charge in [0.15, 0.2) is 0 Å². The summed E-state index contributed by atoms with van der Waals surface area (Å²) >= 11 is 1.99. The lowest BCUT2D eigenvalue weighted by Crippen LogP contribution is -2.38. The van der Waals surface area contributed by atoms with Crippen molar-refractivity contribution in [3.63, 3.8) is 0 Å². The molecule has 1 aliphatic rings. The van der Waals surface area contributed by atoms with Crippen LogP contribution in [0.15, 0.2) is 71.6 Å². The molecule has 0 amide bonds. The van der Waals surface area contributed by atoms with E-state index in [9.17, 15) is 4.39 Å². The van der Waals surface area contributed by atoms with Crippen LogP contribution >= 0.6 is 24.2 Å². The molecule has 3 aromatic carbocycles. The lowest BCUT2D eigenvalue weighted by atomic mass is 10.1. The highest BCUT2D eigenvalue weighted by molar-refractivity contribution is 7.99. The number of nitrogens with zero attached hydrogens (tertiary/aromatic N) is 1. The molecule has 0 saturated carbocycles. The fraction of sp³-hybridized carbons (Fsp3) is 0.304. The average molecular weight is 402 g/mol. The molecule has 0 N–H and O–H groups in total. The lowest BCUT2D eigenvalue weighted by Gasteiger charge is -2.35. The molecule has 0 aliphatic carbocycles. The minimum Gasteiger partial charge on any atom is -0.291 e. The average Bonchev–Trinajstić information content (AvgIpc) is 2.68. The summed E-state index contributed by atoms with van der Waals surface area (Å²) in [6.07, 6.45) is 4.80. The molecule has 0 bridgehead atoms. The zero-order valence-corrected chi connectivity index (χ0v) is 16.9. The first-order valence-corrected chi connectivity index (χ1v) is 10.3. The Morgan fingerprint density at radius 1 is 0.926 bits per heavy atom. The van der Waals surface area contributed by atoms with Crippen molar-refractivity contribution in [1.82, 2.24) is 4.90 Å². The molecule has 1 heterocycles. The zero-order valence-electron chi connectivity index (χ0n) is 15.3. The van der Waals surface area contributed by atoms with Gasteiger partial charge in [0, 0.05) is 11.4 Å².